The van der Waals surface area contributed by atoms with E-state index in [1.54, 1.807) is 6.07 Å². The zero-order valence-electron chi connectivity index (χ0n) is 14.1. The SMILES string of the molecule is Cc1cccc(C(=O)NC(=S)Nc2ccccc2OCC(C)C)c1. The summed E-state index contributed by atoms with van der Waals surface area (Å²) in [5.74, 6) is 0.890. The fourth-order valence-electron chi connectivity index (χ4n) is 2.07. The predicted molar refractivity (Wildman–Crippen MR) is 102 cm³/mol. The maximum atomic E-state index is 12.2. The van der Waals surface area contributed by atoms with Gasteiger partial charge in [-0.05, 0) is 49.3 Å². The van der Waals surface area contributed by atoms with Crippen molar-refractivity contribution in [1.82, 2.24) is 5.32 Å². The molecule has 0 unspecified atom stereocenters. The minimum atomic E-state index is -0.239. The van der Waals surface area contributed by atoms with E-state index in [-0.39, 0.29) is 11.0 Å². The van der Waals surface area contributed by atoms with E-state index in [1.807, 2.05) is 49.4 Å². The lowest BCUT2D eigenvalue weighted by Crippen LogP contribution is -2.34. The molecule has 0 saturated heterocycles. The third-order valence-electron chi connectivity index (χ3n) is 3.21. The number of carbonyl (C=O) groups excluding carboxylic acids is 1. The van der Waals surface area contributed by atoms with Gasteiger partial charge in [-0.15, -0.1) is 0 Å². The molecule has 5 heteroatoms. The Kier molecular flexibility index (Phi) is 6.32. The maximum absolute atomic E-state index is 12.2. The van der Waals surface area contributed by atoms with Gasteiger partial charge in [0, 0.05) is 5.56 Å². The minimum Gasteiger partial charge on any atom is -0.491 e. The van der Waals surface area contributed by atoms with Crippen LogP contribution in [0.3, 0.4) is 0 Å². The molecule has 0 aromatic heterocycles. The van der Waals surface area contributed by atoms with Crippen molar-refractivity contribution < 1.29 is 9.53 Å². The molecule has 0 spiro atoms. The number of carbonyl (C=O) groups is 1. The number of hydrogen-bond donors (Lipinski definition) is 2. The van der Waals surface area contributed by atoms with Crippen LogP contribution in [0.2, 0.25) is 0 Å². The molecule has 4 nitrogen and oxygen atoms in total. The average Bonchev–Trinajstić information content (AvgIpc) is 2.53. The van der Waals surface area contributed by atoms with E-state index in [9.17, 15) is 4.79 Å². The van der Waals surface area contributed by atoms with Crippen LogP contribution < -0.4 is 15.4 Å². The van der Waals surface area contributed by atoms with Gasteiger partial charge < -0.3 is 10.1 Å². The second-order valence-electron chi connectivity index (χ2n) is 5.98. The molecule has 0 aliphatic carbocycles. The van der Waals surface area contributed by atoms with E-state index >= 15 is 0 Å². The fraction of sp³-hybridized carbons (Fsp3) is 0.263. The third-order valence-corrected chi connectivity index (χ3v) is 3.42. The highest BCUT2D eigenvalue weighted by atomic mass is 32.1. The molecule has 2 N–H and O–H groups in total. The summed E-state index contributed by atoms with van der Waals surface area (Å²) in [7, 11) is 0. The third kappa shape index (κ3) is 5.35. The van der Waals surface area contributed by atoms with E-state index in [0.717, 1.165) is 11.3 Å². The molecule has 0 bridgehead atoms. The zero-order chi connectivity index (χ0) is 17.5. The summed E-state index contributed by atoms with van der Waals surface area (Å²) in [5, 5.41) is 5.95. The Morgan fingerprint density at radius 2 is 1.92 bits per heavy atom. The smallest absolute Gasteiger partial charge is 0.257 e. The van der Waals surface area contributed by atoms with Crippen molar-refractivity contribution in [2.45, 2.75) is 20.8 Å². The van der Waals surface area contributed by atoms with E-state index in [1.165, 1.54) is 0 Å². The molecular weight excluding hydrogens is 320 g/mol. The molecule has 0 heterocycles. The van der Waals surface area contributed by atoms with Crippen LogP contribution in [0.4, 0.5) is 5.69 Å². The van der Waals surface area contributed by atoms with Gasteiger partial charge in [-0.3, -0.25) is 10.1 Å². The molecule has 2 aromatic carbocycles. The molecule has 24 heavy (non-hydrogen) atoms. The van der Waals surface area contributed by atoms with Gasteiger partial charge in [0.2, 0.25) is 0 Å². The standard InChI is InChI=1S/C19H22N2O2S/c1-13(2)12-23-17-10-5-4-9-16(17)20-19(24)21-18(22)15-8-6-7-14(3)11-15/h4-11,13H,12H2,1-3H3,(H2,20,21,22,24). The number of amides is 1. The van der Waals surface area contributed by atoms with Gasteiger partial charge in [-0.2, -0.15) is 0 Å². The largest absolute Gasteiger partial charge is 0.491 e. The van der Waals surface area contributed by atoms with Gasteiger partial charge in [0.25, 0.3) is 5.91 Å². The van der Waals surface area contributed by atoms with Crippen molar-refractivity contribution >= 4 is 28.9 Å². The molecule has 1 amide bonds. The number of hydrogen-bond acceptors (Lipinski definition) is 3. The first-order valence-corrected chi connectivity index (χ1v) is 8.27. The Balaban J connectivity index is 2.01. The summed E-state index contributed by atoms with van der Waals surface area (Å²) in [6.07, 6.45) is 0. The summed E-state index contributed by atoms with van der Waals surface area (Å²) < 4.78 is 5.77. The number of ether oxygens (including phenoxy) is 1. The Morgan fingerprint density at radius 3 is 2.62 bits per heavy atom. The minimum absolute atomic E-state index is 0.238. The summed E-state index contributed by atoms with van der Waals surface area (Å²) in [6.45, 7) is 6.72. The molecule has 0 aliphatic rings. The van der Waals surface area contributed by atoms with Crippen LogP contribution in [-0.4, -0.2) is 17.6 Å². The van der Waals surface area contributed by atoms with Crippen LogP contribution >= 0.6 is 12.2 Å². The zero-order valence-corrected chi connectivity index (χ0v) is 14.9. The lowest BCUT2D eigenvalue weighted by Gasteiger charge is -2.15. The highest BCUT2D eigenvalue weighted by Crippen LogP contribution is 2.24. The highest BCUT2D eigenvalue weighted by molar-refractivity contribution is 7.80. The summed E-state index contributed by atoms with van der Waals surface area (Å²) in [5.41, 5.74) is 2.32. The number of para-hydroxylation sites is 2. The number of aryl methyl sites for hydroxylation is 1. The molecule has 0 fully saturated rings. The van der Waals surface area contributed by atoms with Crippen molar-refractivity contribution in [3.8, 4) is 5.75 Å². The average molecular weight is 342 g/mol. The first-order valence-electron chi connectivity index (χ1n) is 7.86. The summed E-state index contributed by atoms with van der Waals surface area (Å²) >= 11 is 5.24. The monoisotopic (exact) mass is 342 g/mol. The van der Waals surface area contributed by atoms with Gasteiger partial charge >= 0.3 is 0 Å². The second kappa shape index (κ2) is 8.45. The molecule has 2 rings (SSSR count). The van der Waals surface area contributed by atoms with Gasteiger partial charge in [0.15, 0.2) is 5.11 Å². The van der Waals surface area contributed by atoms with E-state index in [0.29, 0.717) is 23.8 Å². The Morgan fingerprint density at radius 1 is 1.17 bits per heavy atom. The summed E-state index contributed by atoms with van der Waals surface area (Å²) in [4.78, 5) is 12.2. The molecule has 0 saturated carbocycles. The second-order valence-corrected chi connectivity index (χ2v) is 6.39. The number of rotatable bonds is 5. The summed E-state index contributed by atoms with van der Waals surface area (Å²) in [6, 6.07) is 14.9. The van der Waals surface area contributed by atoms with Gasteiger partial charge in [-0.1, -0.05) is 43.7 Å². The number of nitrogens with one attached hydrogen (secondary N) is 2. The van der Waals surface area contributed by atoms with Crippen molar-refractivity contribution in [2.24, 2.45) is 5.92 Å². The van der Waals surface area contributed by atoms with Crippen molar-refractivity contribution in [3.63, 3.8) is 0 Å². The first-order chi connectivity index (χ1) is 11.5. The first kappa shape index (κ1) is 17.9. The molecule has 0 atom stereocenters. The number of benzene rings is 2. The molecule has 126 valence electrons. The molecule has 0 radical (unpaired) electrons. The molecule has 0 aliphatic heterocycles. The van der Waals surface area contributed by atoms with Gasteiger partial charge in [-0.25, -0.2) is 0 Å². The van der Waals surface area contributed by atoms with Crippen molar-refractivity contribution in [2.75, 3.05) is 11.9 Å². The highest BCUT2D eigenvalue weighted by Gasteiger charge is 2.10. The number of thiocarbonyl (C=S) groups is 1. The lowest BCUT2D eigenvalue weighted by molar-refractivity contribution is 0.0977. The van der Waals surface area contributed by atoms with Crippen molar-refractivity contribution in [3.05, 3.63) is 59.7 Å². The van der Waals surface area contributed by atoms with Crippen LogP contribution in [0.5, 0.6) is 5.75 Å². The molecule has 2 aromatic rings. The van der Waals surface area contributed by atoms with Crippen LogP contribution in [0.15, 0.2) is 48.5 Å². The van der Waals surface area contributed by atoms with Crippen LogP contribution in [0.1, 0.15) is 29.8 Å². The van der Waals surface area contributed by atoms with Gasteiger partial charge in [0.05, 0.1) is 12.3 Å². The fourth-order valence-corrected chi connectivity index (χ4v) is 2.27. The van der Waals surface area contributed by atoms with E-state index < -0.39 is 0 Å². The quantitative estimate of drug-likeness (QED) is 0.801. The van der Waals surface area contributed by atoms with Gasteiger partial charge in [0.1, 0.15) is 5.75 Å². The lowest BCUT2D eigenvalue weighted by atomic mass is 10.1. The van der Waals surface area contributed by atoms with Crippen molar-refractivity contribution in [1.29, 1.82) is 0 Å². The normalized spacial score (nSPS) is 10.3. The van der Waals surface area contributed by atoms with Crippen LogP contribution in [0.25, 0.3) is 0 Å². The topological polar surface area (TPSA) is 50.4 Å². The van der Waals surface area contributed by atoms with Crippen LogP contribution in [0, 0.1) is 12.8 Å². The Bertz CT molecular complexity index is 729. The maximum Gasteiger partial charge on any atom is 0.257 e. The van der Waals surface area contributed by atoms with E-state index in [4.69, 9.17) is 17.0 Å². The predicted octanol–water partition coefficient (Wildman–Crippen LogP) is 4.16. The number of anilines is 1. The van der Waals surface area contributed by atoms with Crippen LogP contribution in [-0.2, 0) is 0 Å². The Hall–Kier alpha value is -2.40. The Labute approximate surface area is 148 Å². The molecular formula is C19H22N2O2S. The van der Waals surface area contributed by atoms with E-state index in [2.05, 4.69) is 24.5 Å².